The average Bonchev–Trinajstić information content (AvgIpc) is 3.34. The Bertz CT molecular complexity index is 1260. The maximum Gasteiger partial charge on any atom is 0.227 e. The van der Waals surface area contributed by atoms with Crippen molar-refractivity contribution in [3.8, 4) is 17.0 Å². The molecule has 2 aromatic heterocycles. The molecule has 1 amide bonds. The van der Waals surface area contributed by atoms with Crippen LogP contribution in [0.5, 0.6) is 5.75 Å². The Morgan fingerprint density at radius 3 is 2.72 bits per heavy atom. The summed E-state index contributed by atoms with van der Waals surface area (Å²) in [6.07, 6.45) is 0.0333. The molecule has 32 heavy (non-hydrogen) atoms. The number of nitrogens with zero attached hydrogens (tertiary/aromatic N) is 1. The molecule has 0 saturated heterocycles. The zero-order chi connectivity index (χ0) is 22.8. The first kappa shape index (κ1) is 21.6. The number of fused-ring (bicyclic) bond motifs is 1. The number of benzene rings is 2. The minimum Gasteiger partial charge on any atom is -0.491 e. The van der Waals surface area contributed by atoms with Gasteiger partial charge in [0, 0.05) is 22.5 Å². The second-order valence-corrected chi connectivity index (χ2v) is 8.17. The van der Waals surface area contributed by atoms with Crippen LogP contribution in [0.4, 0.5) is 4.39 Å². The maximum atomic E-state index is 14.1. The minimum atomic E-state index is -0.542. The monoisotopic (exact) mass is 435 g/mol. The summed E-state index contributed by atoms with van der Waals surface area (Å²) < 4.78 is 25.1. The Kier molecular flexibility index (Phi) is 5.99. The van der Waals surface area contributed by atoms with E-state index in [1.807, 2.05) is 52.0 Å². The van der Waals surface area contributed by atoms with Crippen molar-refractivity contribution in [2.45, 2.75) is 46.3 Å². The smallest absolute Gasteiger partial charge is 0.227 e. The number of amides is 1. The molecule has 0 spiro atoms. The van der Waals surface area contributed by atoms with Crippen LogP contribution in [0.15, 0.2) is 53.1 Å². The van der Waals surface area contributed by atoms with Crippen molar-refractivity contribution in [3.63, 3.8) is 0 Å². The van der Waals surface area contributed by atoms with Crippen molar-refractivity contribution in [1.29, 1.82) is 0 Å². The van der Waals surface area contributed by atoms with Crippen LogP contribution in [0, 0.1) is 12.7 Å². The van der Waals surface area contributed by atoms with Crippen molar-refractivity contribution < 1.29 is 18.4 Å². The molecule has 4 aromatic rings. The lowest BCUT2D eigenvalue weighted by Crippen LogP contribution is -2.27. The molecule has 2 heterocycles. The summed E-state index contributed by atoms with van der Waals surface area (Å²) in [4.78, 5) is 16.4. The summed E-state index contributed by atoms with van der Waals surface area (Å²) >= 11 is 0. The number of rotatable bonds is 7. The van der Waals surface area contributed by atoms with Gasteiger partial charge in [-0.05, 0) is 63.6 Å². The summed E-state index contributed by atoms with van der Waals surface area (Å²) in [5, 5.41) is 7.40. The predicted molar refractivity (Wildman–Crippen MR) is 121 cm³/mol. The number of aromatic nitrogens is 2. The van der Waals surface area contributed by atoms with E-state index in [0.717, 1.165) is 33.8 Å². The number of halogens is 1. The van der Waals surface area contributed by atoms with E-state index in [2.05, 4.69) is 15.5 Å². The Balaban J connectivity index is 1.72. The van der Waals surface area contributed by atoms with Crippen molar-refractivity contribution in [2.75, 3.05) is 0 Å². The Morgan fingerprint density at radius 1 is 1.19 bits per heavy atom. The third kappa shape index (κ3) is 4.51. The molecular formula is C25H26FN3O3. The van der Waals surface area contributed by atoms with Gasteiger partial charge in [0.2, 0.25) is 5.91 Å². The second-order valence-electron chi connectivity index (χ2n) is 8.17. The molecule has 166 valence electrons. The van der Waals surface area contributed by atoms with E-state index in [1.165, 1.54) is 12.1 Å². The Hall–Kier alpha value is -3.61. The molecule has 1 unspecified atom stereocenters. The molecule has 0 aliphatic carbocycles. The van der Waals surface area contributed by atoms with Gasteiger partial charge in [-0.3, -0.25) is 4.79 Å². The highest BCUT2D eigenvalue weighted by atomic mass is 19.1. The minimum absolute atomic E-state index is 0.0333. The van der Waals surface area contributed by atoms with Gasteiger partial charge in [0.15, 0.2) is 5.76 Å². The number of H-pyrrole nitrogens is 1. The van der Waals surface area contributed by atoms with Crippen LogP contribution in [0.3, 0.4) is 0 Å². The molecular weight excluding hydrogens is 409 g/mol. The van der Waals surface area contributed by atoms with Crippen LogP contribution in [-0.2, 0) is 11.3 Å². The molecule has 4 rings (SSSR count). The fraction of sp³-hybridized carbons (Fsp3) is 0.280. The fourth-order valence-corrected chi connectivity index (χ4v) is 3.82. The number of aromatic amines is 1. The first-order valence-corrected chi connectivity index (χ1v) is 10.6. The van der Waals surface area contributed by atoms with E-state index in [9.17, 15) is 9.18 Å². The van der Waals surface area contributed by atoms with Gasteiger partial charge in [-0.15, -0.1) is 0 Å². The fourth-order valence-electron chi connectivity index (χ4n) is 3.82. The third-order valence-corrected chi connectivity index (χ3v) is 5.24. The zero-order valence-electron chi connectivity index (χ0n) is 18.5. The SMILES string of the molecule is Cc1cc(CNC(=O)C(C)c2c(-c3cccc(OC(C)C)c3)[nH]c3ccc(F)cc23)on1. The van der Waals surface area contributed by atoms with E-state index in [1.54, 1.807) is 12.1 Å². The number of ether oxygens (including phenoxy) is 1. The van der Waals surface area contributed by atoms with E-state index in [4.69, 9.17) is 9.26 Å². The molecule has 0 aliphatic heterocycles. The van der Waals surface area contributed by atoms with Crippen molar-refractivity contribution in [2.24, 2.45) is 0 Å². The molecule has 7 heteroatoms. The summed E-state index contributed by atoms with van der Waals surface area (Å²) in [6.45, 7) is 7.79. The molecule has 0 radical (unpaired) electrons. The normalized spacial score (nSPS) is 12.3. The zero-order valence-corrected chi connectivity index (χ0v) is 18.5. The molecule has 6 nitrogen and oxygen atoms in total. The number of carbonyl (C=O) groups is 1. The first-order chi connectivity index (χ1) is 15.3. The van der Waals surface area contributed by atoms with Crippen molar-refractivity contribution in [3.05, 3.63) is 71.4 Å². The largest absolute Gasteiger partial charge is 0.491 e. The molecule has 0 fully saturated rings. The van der Waals surface area contributed by atoms with Gasteiger partial charge in [-0.1, -0.05) is 17.3 Å². The highest BCUT2D eigenvalue weighted by Crippen LogP contribution is 2.37. The number of hydrogen-bond acceptors (Lipinski definition) is 4. The predicted octanol–water partition coefficient (Wildman–Crippen LogP) is 5.48. The number of hydrogen-bond donors (Lipinski definition) is 2. The number of aryl methyl sites for hydroxylation is 1. The van der Waals surface area contributed by atoms with Crippen LogP contribution < -0.4 is 10.1 Å². The van der Waals surface area contributed by atoms with Gasteiger partial charge in [-0.2, -0.15) is 0 Å². The van der Waals surface area contributed by atoms with Gasteiger partial charge < -0.3 is 19.6 Å². The first-order valence-electron chi connectivity index (χ1n) is 10.6. The standard InChI is InChI=1S/C25H26FN3O3/c1-14(2)31-19-7-5-6-17(11-19)24-23(21-12-18(26)8-9-22(21)28-24)16(4)25(30)27-13-20-10-15(3)29-32-20/h5-12,14,16,28H,13H2,1-4H3,(H,27,30). The molecule has 0 aliphatic rings. The summed E-state index contributed by atoms with van der Waals surface area (Å²) in [6, 6.07) is 14.0. The molecule has 2 aromatic carbocycles. The summed E-state index contributed by atoms with van der Waals surface area (Å²) in [5.74, 6) is 0.211. The van der Waals surface area contributed by atoms with Crippen LogP contribution in [0.25, 0.3) is 22.2 Å². The molecule has 0 saturated carbocycles. The van der Waals surface area contributed by atoms with Gasteiger partial charge in [0.25, 0.3) is 0 Å². The molecule has 0 bridgehead atoms. The number of nitrogens with one attached hydrogen (secondary N) is 2. The van der Waals surface area contributed by atoms with Crippen molar-refractivity contribution in [1.82, 2.24) is 15.5 Å². The van der Waals surface area contributed by atoms with Gasteiger partial charge in [0.1, 0.15) is 11.6 Å². The van der Waals surface area contributed by atoms with Gasteiger partial charge in [-0.25, -0.2) is 4.39 Å². The van der Waals surface area contributed by atoms with E-state index >= 15 is 0 Å². The topological polar surface area (TPSA) is 80.1 Å². The van der Waals surface area contributed by atoms with Crippen molar-refractivity contribution >= 4 is 16.8 Å². The number of carbonyl (C=O) groups excluding carboxylic acids is 1. The lowest BCUT2D eigenvalue weighted by atomic mass is 9.93. The van der Waals surface area contributed by atoms with E-state index in [-0.39, 0.29) is 24.4 Å². The third-order valence-electron chi connectivity index (χ3n) is 5.24. The Morgan fingerprint density at radius 2 is 2.00 bits per heavy atom. The van der Waals surface area contributed by atoms with Crippen LogP contribution in [0.1, 0.15) is 43.7 Å². The molecule has 1 atom stereocenters. The average molecular weight is 435 g/mol. The molecule has 2 N–H and O–H groups in total. The van der Waals surface area contributed by atoms with E-state index < -0.39 is 5.92 Å². The highest BCUT2D eigenvalue weighted by molar-refractivity contribution is 5.97. The van der Waals surface area contributed by atoms with Gasteiger partial charge >= 0.3 is 0 Å². The van der Waals surface area contributed by atoms with Gasteiger partial charge in [0.05, 0.1) is 30.0 Å². The Labute approximate surface area is 185 Å². The lowest BCUT2D eigenvalue weighted by Gasteiger charge is -2.15. The van der Waals surface area contributed by atoms with Crippen LogP contribution in [0.2, 0.25) is 0 Å². The maximum absolute atomic E-state index is 14.1. The highest BCUT2D eigenvalue weighted by Gasteiger charge is 2.25. The summed E-state index contributed by atoms with van der Waals surface area (Å²) in [5.41, 5.74) is 3.86. The van der Waals surface area contributed by atoms with E-state index in [0.29, 0.717) is 11.1 Å². The van der Waals surface area contributed by atoms with Crippen LogP contribution in [-0.4, -0.2) is 22.2 Å². The summed E-state index contributed by atoms with van der Waals surface area (Å²) in [7, 11) is 0. The van der Waals surface area contributed by atoms with Crippen LogP contribution >= 0.6 is 0 Å². The second kappa shape index (κ2) is 8.86. The quantitative estimate of drug-likeness (QED) is 0.403. The lowest BCUT2D eigenvalue weighted by molar-refractivity contribution is -0.122.